The fourth-order valence-corrected chi connectivity index (χ4v) is 3.87. The number of aliphatic carboxylic acids is 1. The van der Waals surface area contributed by atoms with E-state index in [9.17, 15) is 14.7 Å². The van der Waals surface area contributed by atoms with Crippen LogP contribution < -0.4 is 10.1 Å². The summed E-state index contributed by atoms with van der Waals surface area (Å²) in [5, 5.41) is 12.0. The van der Waals surface area contributed by atoms with E-state index in [0.29, 0.717) is 11.3 Å². The minimum atomic E-state index is -1.24. The largest absolute Gasteiger partial charge is 0.497 e. The van der Waals surface area contributed by atoms with Crippen LogP contribution in [0.25, 0.3) is 11.1 Å². The highest BCUT2D eigenvalue weighted by atomic mass is 16.5. The monoisotopic (exact) mass is 403 g/mol. The van der Waals surface area contributed by atoms with E-state index in [4.69, 9.17) is 9.47 Å². The van der Waals surface area contributed by atoms with Crippen molar-refractivity contribution in [3.8, 4) is 16.9 Å². The van der Waals surface area contributed by atoms with Crippen LogP contribution in [-0.2, 0) is 9.53 Å². The lowest BCUT2D eigenvalue weighted by Gasteiger charge is -2.18. The van der Waals surface area contributed by atoms with Crippen molar-refractivity contribution < 1.29 is 24.2 Å². The van der Waals surface area contributed by atoms with E-state index in [2.05, 4.69) is 17.4 Å². The second-order valence-corrected chi connectivity index (χ2v) is 7.02. The lowest BCUT2D eigenvalue weighted by molar-refractivity contribution is -0.139. The van der Waals surface area contributed by atoms with Crippen molar-refractivity contribution in [3.05, 3.63) is 89.5 Å². The molecule has 0 bridgehead atoms. The van der Waals surface area contributed by atoms with Gasteiger partial charge in [0.05, 0.1) is 7.11 Å². The quantitative estimate of drug-likeness (QED) is 0.639. The number of carbonyl (C=O) groups is 2. The average molecular weight is 403 g/mol. The van der Waals surface area contributed by atoms with Crippen LogP contribution in [0.5, 0.6) is 5.75 Å². The van der Waals surface area contributed by atoms with Crippen LogP contribution in [0.3, 0.4) is 0 Å². The smallest absolute Gasteiger partial charge is 0.408 e. The van der Waals surface area contributed by atoms with E-state index < -0.39 is 18.1 Å². The molecule has 2 N–H and O–H groups in total. The third-order valence-electron chi connectivity index (χ3n) is 5.28. The van der Waals surface area contributed by atoms with Gasteiger partial charge in [0.25, 0.3) is 0 Å². The number of carboxylic acid groups (broad SMARTS) is 1. The van der Waals surface area contributed by atoms with Crippen LogP contribution in [-0.4, -0.2) is 30.9 Å². The van der Waals surface area contributed by atoms with Gasteiger partial charge in [0, 0.05) is 5.92 Å². The zero-order valence-electron chi connectivity index (χ0n) is 16.4. The molecule has 3 aromatic carbocycles. The molecule has 0 aliphatic heterocycles. The van der Waals surface area contributed by atoms with Crippen molar-refractivity contribution >= 4 is 12.1 Å². The summed E-state index contributed by atoms with van der Waals surface area (Å²) in [5.41, 5.74) is 4.84. The van der Waals surface area contributed by atoms with Gasteiger partial charge in [0.15, 0.2) is 6.04 Å². The molecule has 1 aliphatic carbocycles. The molecule has 152 valence electrons. The van der Waals surface area contributed by atoms with E-state index in [1.165, 1.54) is 7.11 Å². The Morgan fingerprint density at radius 1 is 0.967 bits per heavy atom. The molecule has 0 aromatic heterocycles. The standard InChI is InChI=1S/C24H21NO5/c1-29-16-8-6-7-15(13-16)22(23(26)27)25-24(28)30-14-21-19-11-4-2-9-17(19)18-10-3-5-12-20(18)21/h2-13,21-22H,14H2,1H3,(H,25,28)(H,26,27). The predicted molar refractivity (Wildman–Crippen MR) is 112 cm³/mol. The summed E-state index contributed by atoms with van der Waals surface area (Å²) < 4.78 is 10.6. The number of nitrogens with one attached hydrogen (secondary N) is 1. The fraction of sp³-hybridized carbons (Fsp3) is 0.167. The Balaban J connectivity index is 1.48. The van der Waals surface area contributed by atoms with Gasteiger partial charge >= 0.3 is 12.1 Å². The van der Waals surface area contributed by atoms with Crippen LogP contribution in [0.1, 0.15) is 28.7 Å². The first-order valence-corrected chi connectivity index (χ1v) is 9.56. The second kappa shape index (κ2) is 8.29. The molecule has 1 unspecified atom stereocenters. The topological polar surface area (TPSA) is 84.9 Å². The summed E-state index contributed by atoms with van der Waals surface area (Å²) >= 11 is 0. The molecule has 30 heavy (non-hydrogen) atoms. The van der Waals surface area contributed by atoms with Crippen LogP contribution in [0.15, 0.2) is 72.8 Å². The van der Waals surface area contributed by atoms with Gasteiger partial charge in [-0.3, -0.25) is 0 Å². The third kappa shape index (κ3) is 3.72. The molecule has 6 heteroatoms. The average Bonchev–Trinajstić information content (AvgIpc) is 3.09. The number of benzene rings is 3. The minimum absolute atomic E-state index is 0.0942. The molecule has 0 radical (unpaired) electrons. The highest BCUT2D eigenvalue weighted by Gasteiger charge is 2.30. The summed E-state index contributed by atoms with van der Waals surface area (Å²) in [5.74, 6) is -0.770. The lowest BCUT2D eigenvalue weighted by atomic mass is 9.98. The van der Waals surface area contributed by atoms with Crippen LogP contribution >= 0.6 is 0 Å². The number of carbonyl (C=O) groups excluding carboxylic acids is 1. The Labute approximate surface area is 174 Å². The van der Waals surface area contributed by atoms with Crippen molar-refractivity contribution in [1.82, 2.24) is 5.32 Å². The summed E-state index contributed by atoms with van der Waals surface area (Å²) in [4.78, 5) is 24.2. The van der Waals surface area contributed by atoms with E-state index in [-0.39, 0.29) is 12.5 Å². The van der Waals surface area contributed by atoms with Crippen molar-refractivity contribution in [2.45, 2.75) is 12.0 Å². The van der Waals surface area contributed by atoms with Crippen molar-refractivity contribution in [3.63, 3.8) is 0 Å². The molecule has 0 saturated heterocycles. The number of amides is 1. The van der Waals surface area contributed by atoms with E-state index in [0.717, 1.165) is 22.3 Å². The molecular formula is C24H21NO5. The predicted octanol–water partition coefficient (Wildman–Crippen LogP) is 4.36. The van der Waals surface area contributed by atoms with Crippen molar-refractivity contribution in [2.24, 2.45) is 0 Å². The fourth-order valence-electron chi connectivity index (χ4n) is 3.87. The number of carboxylic acids is 1. The maximum atomic E-state index is 12.4. The molecule has 1 atom stereocenters. The van der Waals surface area contributed by atoms with Gasteiger partial charge in [-0.15, -0.1) is 0 Å². The maximum Gasteiger partial charge on any atom is 0.408 e. The molecule has 1 amide bonds. The second-order valence-electron chi connectivity index (χ2n) is 7.02. The van der Waals surface area contributed by atoms with E-state index in [1.54, 1.807) is 24.3 Å². The summed E-state index contributed by atoms with van der Waals surface area (Å²) in [6.07, 6.45) is -0.785. The first kappa shape index (κ1) is 19.5. The summed E-state index contributed by atoms with van der Waals surface area (Å²) in [7, 11) is 1.49. The third-order valence-corrected chi connectivity index (χ3v) is 5.28. The molecule has 0 saturated carbocycles. The van der Waals surface area contributed by atoms with Gasteiger partial charge in [0.2, 0.25) is 0 Å². The van der Waals surface area contributed by atoms with Gasteiger partial charge < -0.3 is 19.9 Å². The molecule has 0 spiro atoms. The number of fused-ring (bicyclic) bond motifs is 3. The van der Waals surface area contributed by atoms with E-state index in [1.807, 2.05) is 36.4 Å². The summed E-state index contributed by atoms with van der Waals surface area (Å²) in [6, 6.07) is 21.4. The van der Waals surface area contributed by atoms with Gasteiger partial charge in [-0.2, -0.15) is 0 Å². The minimum Gasteiger partial charge on any atom is -0.497 e. The molecular weight excluding hydrogens is 382 g/mol. The number of rotatable bonds is 6. The van der Waals surface area contributed by atoms with Gasteiger partial charge in [0.1, 0.15) is 12.4 Å². The highest BCUT2D eigenvalue weighted by Crippen LogP contribution is 2.44. The van der Waals surface area contributed by atoms with Crippen molar-refractivity contribution in [1.29, 1.82) is 0 Å². The van der Waals surface area contributed by atoms with Crippen LogP contribution in [0.4, 0.5) is 4.79 Å². The maximum absolute atomic E-state index is 12.4. The molecule has 6 nitrogen and oxygen atoms in total. The summed E-state index contributed by atoms with van der Waals surface area (Å²) in [6.45, 7) is 0.115. The zero-order valence-corrected chi connectivity index (χ0v) is 16.4. The highest BCUT2D eigenvalue weighted by molar-refractivity contribution is 5.82. The van der Waals surface area contributed by atoms with Gasteiger partial charge in [-0.25, -0.2) is 9.59 Å². The Morgan fingerprint density at radius 2 is 1.60 bits per heavy atom. The van der Waals surface area contributed by atoms with Gasteiger partial charge in [-0.1, -0.05) is 60.7 Å². The van der Waals surface area contributed by atoms with Crippen LogP contribution in [0, 0.1) is 0 Å². The number of methoxy groups -OCH3 is 1. The van der Waals surface area contributed by atoms with Gasteiger partial charge in [-0.05, 0) is 39.9 Å². The normalized spacial score (nSPS) is 13.1. The molecule has 0 fully saturated rings. The Morgan fingerprint density at radius 3 is 2.20 bits per heavy atom. The number of hydrogen-bond acceptors (Lipinski definition) is 4. The lowest BCUT2D eigenvalue weighted by Crippen LogP contribution is -2.34. The molecule has 4 rings (SSSR count). The first-order chi connectivity index (χ1) is 14.6. The van der Waals surface area contributed by atoms with Crippen molar-refractivity contribution in [2.75, 3.05) is 13.7 Å². The number of alkyl carbamates (subject to hydrolysis) is 1. The zero-order chi connectivity index (χ0) is 21.1. The SMILES string of the molecule is COc1cccc(C(NC(=O)OCC2c3ccccc3-c3ccccc32)C(=O)O)c1. The number of hydrogen-bond donors (Lipinski definition) is 2. The first-order valence-electron chi connectivity index (χ1n) is 9.56. The van der Waals surface area contributed by atoms with E-state index >= 15 is 0 Å². The Kier molecular flexibility index (Phi) is 5.39. The molecule has 1 aliphatic rings. The Bertz CT molecular complexity index is 1050. The Hall–Kier alpha value is -3.80. The van der Waals surface area contributed by atoms with Crippen LogP contribution in [0.2, 0.25) is 0 Å². The number of ether oxygens (including phenoxy) is 2. The molecule has 0 heterocycles. The molecule has 3 aromatic rings.